The van der Waals surface area contributed by atoms with E-state index in [0.717, 1.165) is 0 Å². The van der Waals surface area contributed by atoms with Gasteiger partial charge < -0.3 is 20.1 Å². The van der Waals surface area contributed by atoms with Crippen LogP contribution < -0.4 is 4.74 Å². The van der Waals surface area contributed by atoms with Crippen molar-refractivity contribution in [3.63, 3.8) is 0 Å². The van der Waals surface area contributed by atoms with Gasteiger partial charge in [-0.25, -0.2) is 0 Å². The van der Waals surface area contributed by atoms with Gasteiger partial charge in [-0.3, -0.25) is 0 Å². The van der Waals surface area contributed by atoms with Crippen molar-refractivity contribution in [2.75, 3.05) is 7.11 Å². The molecule has 3 N–H and O–H groups in total. The monoisotopic (exact) mass is 170 g/mol. The summed E-state index contributed by atoms with van der Waals surface area (Å²) in [7, 11) is 1.33. The number of phenolic OH excluding ortho intramolecular Hbond substituents is 1. The Morgan fingerprint density at radius 3 is 2.50 bits per heavy atom. The lowest BCUT2D eigenvalue weighted by molar-refractivity contribution is 0.270. The standard InChI is InChI=1S/C8H10O4/c1-12-8-6(10)3-2-5(4-9)7(8)11/h2-3,9-11H,4H2,1H3. The van der Waals surface area contributed by atoms with Crippen molar-refractivity contribution in [1.82, 2.24) is 0 Å². The van der Waals surface area contributed by atoms with Crippen molar-refractivity contribution in [3.8, 4) is 17.2 Å². The average Bonchev–Trinajstić information content (AvgIpc) is 2.06. The maximum Gasteiger partial charge on any atom is 0.203 e. The number of benzene rings is 1. The second-order valence-electron chi connectivity index (χ2n) is 2.28. The molecule has 0 unspecified atom stereocenters. The molecule has 0 spiro atoms. The number of ether oxygens (including phenoxy) is 1. The first-order valence-electron chi connectivity index (χ1n) is 3.39. The average molecular weight is 170 g/mol. The lowest BCUT2D eigenvalue weighted by Crippen LogP contribution is -1.89. The third-order valence-electron chi connectivity index (χ3n) is 1.57. The van der Waals surface area contributed by atoms with Gasteiger partial charge in [0.15, 0.2) is 11.5 Å². The third kappa shape index (κ3) is 1.29. The van der Waals surface area contributed by atoms with Gasteiger partial charge in [-0.15, -0.1) is 0 Å². The quantitative estimate of drug-likeness (QED) is 0.607. The number of aromatic hydroxyl groups is 2. The van der Waals surface area contributed by atoms with Crippen LogP contribution in [0.4, 0.5) is 0 Å². The van der Waals surface area contributed by atoms with Gasteiger partial charge in [0, 0.05) is 5.56 Å². The highest BCUT2D eigenvalue weighted by Crippen LogP contribution is 2.37. The summed E-state index contributed by atoms with van der Waals surface area (Å²) in [5.74, 6) is -0.381. The van der Waals surface area contributed by atoms with Gasteiger partial charge in [0.2, 0.25) is 5.75 Å². The van der Waals surface area contributed by atoms with E-state index in [-0.39, 0.29) is 23.9 Å². The van der Waals surface area contributed by atoms with E-state index in [1.807, 2.05) is 0 Å². The Kier molecular flexibility index (Phi) is 2.40. The Morgan fingerprint density at radius 1 is 1.33 bits per heavy atom. The summed E-state index contributed by atoms with van der Waals surface area (Å²) in [5, 5.41) is 27.2. The molecular weight excluding hydrogens is 160 g/mol. The molecule has 1 aromatic carbocycles. The van der Waals surface area contributed by atoms with Crippen molar-refractivity contribution >= 4 is 0 Å². The Hall–Kier alpha value is -1.42. The van der Waals surface area contributed by atoms with Crippen LogP contribution in [-0.2, 0) is 6.61 Å². The zero-order chi connectivity index (χ0) is 9.14. The molecule has 0 atom stereocenters. The van der Waals surface area contributed by atoms with Crippen LogP contribution in [0.2, 0.25) is 0 Å². The number of rotatable bonds is 2. The van der Waals surface area contributed by atoms with Gasteiger partial charge >= 0.3 is 0 Å². The molecule has 0 saturated heterocycles. The van der Waals surface area contributed by atoms with Crippen LogP contribution in [-0.4, -0.2) is 22.4 Å². The van der Waals surface area contributed by atoms with Gasteiger partial charge in [0.25, 0.3) is 0 Å². The van der Waals surface area contributed by atoms with E-state index in [0.29, 0.717) is 5.56 Å². The molecule has 4 nitrogen and oxygen atoms in total. The van der Waals surface area contributed by atoms with Crippen LogP contribution in [0, 0.1) is 0 Å². The summed E-state index contributed by atoms with van der Waals surface area (Å²) in [6.07, 6.45) is 0. The Balaban J connectivity index is 3.24. The smallest absolute Gasteiger partial charge is 0.203 e. The second-order valence-corrected chi connectivity index (χ2v) is 2.28. The number of methoxy groups -OCH3 is 1. The van der Waals surface area contributed by atoms with Crippen molar-refractivity contribution in [3.05, 3.63) is 17.7 Å². The minimum Gasteiger partial charge on any atom is -0.504 e. The normalized spacial score (nSPS) is 9.83. The highest BCUT2D eigenvalue weighted by molar-refractivity contribution is 5.53. The van der Waals surface area contributed by atoms with Crippen LogP contribution >= 0.6 is 0 Å². The SMILES string of the molecule is COc1c(O)ccc(CO)c1O. The Labute approximate surface area is 69.7 Å². The first-order valence-corrected chi connectivity index (χ1v) is 3.39. The van der Waals surface area contributed by atoms with Gasteiger partial charge in [-0.05, 0) is 12.1 Å². The molecule has 0 aliphatic rings. The summed E-state index contributed by atoms with van der Waals surface area (Å²) < 4.78 is 4.71. The zero-order valence-corrected chi connectivity index (χ0v) is 6.61. The first kappa shape index (κ1) is 8.67. The van der Waals surface area contributed by atoms with Gasteiger partial charge in [0.05, 0.1) is 13.7 Å². The summed E-state index contributed by atoms with van der Waals surface area (Å²) in [6.45, 7) is -0.289. The number of aliphatic hydroxyl groups excluding tert-OH is 1. The molecule has 0 bridgehead atoms. The molecular formula is C8H10O4. The maximum atomic E-state index is 9.32. The van der Waals surface area contributed by atoms with E-state index in [1.54, 1.807) is 0 Å². The minimum absolute atomic E-state index is 0.0125. The van der Waals surface area contributed by atoms with E-state index in [9.17, 15) is 5.11 Å². The lowest BCUT2D eigenvalue weighted by atomic mass is 10.2. The summed E-state index contributed by atoms with van der Waals surface area (Å²) in [6, 6.07) is 2.78. The lowest BCUT2D eigenvalue weighted by Gasteiger charge is -2.08. The molecule has 12 heavy (non-hydrogen) atoms. The molecule has 0 aliphatic carbocycles. The molecule has 4 heteroatoms. The fourth-order valence-corrected chi connectivity index (χ4v) is 0.930. The summed E-state index contributed by atoms with van der Waals surface area (Å²) >= 11 is 0. The molecule has 0 amide bonds. The van der Waals surface area contributed by atoms with E-state index in [1.165, 1.54) is 19.2 Å². The van der Waals surface area contributed by atoms with Crippen molar-refractivity contribution in [2.45, 2.75) is 6.61 Å². The molecule has 0 fully saturated rings. The van der Waals surface area contributed by atoms with Crippen LogP contribution in [0.25, 0.3) is 0 Å². The largest absolute Gasteiger partial charge is 0.504 e. The fourth-order valence-electron chi connectivity index (χ4n) is 0.930. The molecule has 1 rings (SSSR count). The van der Waals surface area contributed by atoms with E-state index < -0.39 is 0 Å². The van der Waals surface area contributed by atoms with E-state index >= 15 is 0 Å². The van der Waals surface area contributed by atoms with Gasteiger partial charge in [-0.1, -0.05) is 0 Å². The van der Waals surface area contributed by atoms with Crippen LogP contribution in [0.15, 0.2) is 12.1 Å². The molecule has 0 aromatic heterocycles. The number of phenols is 2. The van der Waals surface area contributed by atoms with Crippen molar-refractivity contribution in [1.29, 1.82) is 0 Å². The zero-order valence-electron chi connectivity index (χ0n) is 6.61. The predicted molar refractivity (Wildman–Crippen MR) is 42.2 cm³/mol. The molecule has 0 aliphatic heterocycles. The summed E-state index contributed by atoms with van der Waals surface area (Å²) in [5.41, 5.74) is 0.324. The highest BCUT2D eigenvalue weighted by atomic mass is 16.5. The Morgan fingerprint density at radius 2 is 2.00 bits per heavy atom. The number of aliphatic hydroxyl groups is 1. The number of hydrogen-bond acceptors (Lipinski definition) is 4. The molecule has 1 aromatic rings. The van der Waals surface area contributed by atoms with Crippen LogP contribution in [0.3, 0.4) is 0 Å². The maximum absolute atomic E-state index is 9.32. The predicted octanol–water partition coefficient (Wildman–Crippen LogP) is 0.599. The summed E-state index contributed by atoms with van der Waals surface area (Å²) in [4.78, 5) is 0. The second kappa shape index (κ2) is 3.32. The van der Waals surface area contributed by atoms with E-state index in [2.05, 4.69) is 0 Å². The molecule has 0 radical (unpaired) electrons. The fraction of sp³-hybridized carbons (Fsp3) is 0.250. The topological polar surface area (TPSA) is 69.9 Å². The van der Waals surface area contributed by atoms with E-state index in [4.69, 9.17) is 14.9 Å². The first-order chi connectivity index (χ1) is 5.70. The minimum atomic E-state index is -0.289. The van der Waals surface area contributed by atoms with Crippen LogP contribution in [0.1, 0.15) is 5.56 Å². The molecule has 66 valence electrons. The van der Waals surface area contributed by atoms with Crippen molar-refractivity contribution in [2.24, 2.45) is 0 Å². The van der Waals surface area contributed by atoms with Gasteiger partial charge in [-0.2, -0.15) is 0 Å². The van der Waals surface area contributed by atoms with Crippen molar-refractivity contribution < 1.29 is 20.1 Å². The van der Waals surface area contributed by atoms with Gasteiger partial charge in [0.1, 0.15) is 0 Å². The molecule has 0 saturated carbocycles. The highest BCUT2D eigenvalue weighted by Gasteiger charge is 2.11. The Bertz CT molecular complexity index is 283. The third-order valence-corrected chi connectivity index (χ3v) is 1.57. The van der Waals surface area contributed by atoms with Crippen LogP contribution in [0.5, 0.6) is 17.2 Å². The number of hydrogen-bond donors (Lipinski definition) is 3. The molecule has 0 heterocycles.